The minimum Gasteiger partial charge on any atom is -0.324 e. The molecule has 0 aliphatic carbocycles. The normalized spacial score (nSPS) is 10.7. The van der Waals surface area contributed by atoms with Gasteiger partial charge in [-0.25, -0.2) is 9.97 Å². The summed E-state index contributed by atoms with van der Waals surface area (Å²) in [6, 6.07) is 21.2. The van der Waals surface area contributed by atoms with Gasteiger partial charge in [-0.2, -0.15) is 0 Å². The number of nitrogens with zero attached hydrogens (tertiary/aromatic N) is 2. The molecule has 29 heavy (non-hydrogen) atoms. The van der Waals surface area contributed by atoms with Crippen molar-refractivity contribution in [3.8, 4) is 0 Å². The minimum absolute atomic E-state index is 0.139. The van der Waals surface area contributed by atoms with Crippen LogP contribution >= 0.6 is 0 Å². The van der Waals surface area contributed by atoms with Crippen LogP contribution in [0.2, 0.25) is 0 Å². The fourth-order valence-corrected chi connectivity index (χ4v) is 3.38. The molecule has 0 aliphatic heterocycles. The molecule has 0 radical (unpaired) electrons. The van der Waals surface area contributed by atoms with Gasteiger partial charge in [0.25, 0.3) is 5.91 Å². The van der Waals surface area contributed by atoms with Crippen LogP contribution in [0.15, 0.2) is 66.7 Å². The summed E-state index contributed by atoms with van der Waals surface area (Å²) in [6.07, 6.45) is 0. The van der Waals surface area contributed by atoms with Gasteiger partial charge in [-0.1, -0.05) is 24.3 Å². The van der Waals surface area contributed by atoms with E-state index in [9.17, 15) is 4.79 Å². The molecule has 0 unspecified atom stereocenters. The second kappa shape index (κ2) is 7.72. The Morgan fingerprint density at radius 1 is 0.793 bits per heavy atom. The third kappa shape index (κ3) is 4.24. The molecule has 0 aliphatic rings. The van der Waals surface area contributed by atoms with Gasteiger partial charge in [0.15, 0.2) is 0 Å². The maximum absolute atomic E-state index is 12.5. The van der Waals surface area contributed by atoms with E-state index in [1.54, 1.807) is 12.1 Å². The number of hydrogen-bond donors (Lipinski definition) is 2. The molecule has 1 amide bonds. The topological polar surface area (TPSA) is 66.9 Å². The summed E-state index contributed by atoms with van der Waals surface area (Å²) in [5, 5.41) is 7.20. The van der Waals surface area contributed by atoms with E-state index in [1.807, 2.05) is 69.3 Å². The molecular weight excluding hydrogens is 360 g/mol. The maximum Gasteiger partial charge on any atom is 0.255 e. The molecule has 144 valence electrons. The zero-order valence-electron chi connectivity index (χ0n) is 16.7. The average molecular weight is 382 g/mol. The Morgan fingerprint density at radius 3 is 2.21 bits per heavy atom. The first kappa shape index (κ1) is 18.6. The van der Waals surface area contributed by atoms with Crippen molar-refractivity contribution in [2.75, 3.05) is 10.6 Å². The monoisotopic (exact) mass is 382 g/mol. The molecule has 4 aromatic rings. The maximum atomic E-state index is 12.5. The highest BCUT2D eigenvalue weighted by molar-refractivity contribution is 6.04. The number of hydrogen-bond acceptors (Lipinski definition) is 4. The number of aryl methyl sites for hydroxylation is 3. The Bertz CT molecular complexity index is 1180. The number of aromatic nitrogens is 2. The summed E-state index contributed by atoms with van der Waals surface area (Å²) in [5.41, 5.74) is 6.26. The summed E-state index contributed by atoms with van der Waals surface area (Å²) in [5.74, 6) is 0.396. The summed E-state index contributed by atoms with van der Waals surface area (Å²) in [4.78, 5) is 21.6. The van der Waals surface area contributed by atoms with E-state index in [4.69, 9.17) is 0 Å². The SMILES string of the molecule is Cc1cc(C)cc(NC(=O)c2ccc(Nc3nc(C)c4ccccc4n3)cc2)c1. The molecule has 0 bridgehead atoms. The van der Waals surface area contributed by atoms with E-state index in [1.165, 1.54) is 0 Å². The van der Waals surface area contributed by atoms with Gasteiger partial charge < -0.3 is 10.6 Å². The first-order valence-corrected chi connectivity index (χ1v) is 9.48. The molecule has 5 heteroatoms. The van der Waals surface area contributed by atoms with E-state index in [2.05, 4.69) is 26.7 Å². The van der Waals surface area contributed by atoms with Crippen LogP contribution in [0.3, 0.4) is 0 Å². The molecule has 0 spiro atoms. The van der Waals surface area contributed by atoms with E-state index >= 15 is 0 Å². The third-order valence-electron chi connectivity index (χ3n) is 4.68. The molecule has 5 nitrogen and oxygen atoms in total. The van der Waals surface area contributed by atoms with Crippen LogP contribution < -0.4 is 10.6 Å². The summed E-state index contributed by atoms with van der Waals surface area (Å²) in [6.45, 7) is 6.00. The number of rotatable bonds is 4. The lowest BCUT2D eigenvalue weighted by Crippen LogP contribution is -2.12. The summed E-state index contributed by atoms with van der Waals surface area (Å²) >= 11 is 0. The Morgan fingerprint density at radius 2 is 1.48 bits per heavy atom. The van der Waals surface area contributed by atoms with E-state index < -0.39 is 0 Å². The number of carbonyl (C=O) groups is 1. The van der Waals surface area contributed by atoms with Crippen LogP contribution in [0.1, 0.15) is 27.2 Å². The number of nitrogens with one attached hydrogen (secondary N) is 2. The molecule has 0 saturated carbocycles. The van der Waals surface area contributed by atoms with Gasteiger partial charge in [-0.3, -0.25) is 4.79 Å². The van der Waals surface area contributed by atoms with Crippen LogP contribution in [0.25, 0.3) is 10.9 Å². The molecule has 3 aromatic carbocycles. The molecule has 0 atom stereocenters. The van der Waals surface area contributed by atoms with Crippen LogP contribution in [-0.4, -0.2) is 15.9 Å². The van der Waals surface area contributed by atoms with Gasteiger partial charge in [-0.15, -0.1) is 0 Å². The van der Waals surface area contributed by atoms with Gasteiger partial charge in [-0.05, 0) is 74.4 Å². The standard InChI is InChI=1S/C24H22N4O/c1-15-12-16(2)14-20(13-15)26-23(29)18-8-10-19(11-9-18)27-24-25-17(3)21-6-4-5-7-22(21)28-24/h4-14H,1-3H3,(H,26,29)(H,25,27,28). The molecule has 2 N–H and O–H groups in total. The molecule has 0 fully saturated rings. The van der Waals surface area contributed by atoms with Crippen LogP contribution in [-0.2, 0) is 0 Å². The highest BCUT2D eigenvalue weighted by atomic mass is 16.1. The fraction of sp³-hybridized carbons (Fsp3) is 0.125. The van der Waals surface area contributed by atoms with Crippen molar-refractivity contribution in [1.29, 1.82) is 0 Å². The summed E-state index contributed by atoms with van der Waals surface area (Å²) in [7, 11) is 0. The van der Waals surface area contributed by atoms with Gasteiger partial charge in [0, 0.05) is 22.3 Å². The number of fused-ring (bicyclic) bond motifs is 1. The second-order valence-electron chi connectivity index (χ2n) is 7.18. The van der Waals surface area contributed by atoms with Crippen molar-refractivity contribution >= 4 is 34.1 Å². The highest BCUT2D eigenvalue weighted by Gasteiger charge is 2.08. The Hall–Kier alpha value is -3.73. The van der Waals surface area contributed by atoms with Crippen molar-refractivity contribution in [3.63, 3.8) is 0 Å². The van der Waals surface area contributed by atoms with Gasteiger partial charge >= 0.3 is 0 Å². The Labute approximate surface area is 169 Å². The second-order valence-corrected chi connectivity index (χ2v) is 7.18. The van der Waals surface area contributed by atoms with Gasteiger partial charge in [0.05, 0.1) is 11.2 Å². The molecule has 4 rings (SSSR count). The van der Waals surface area contributed by atoms with E-state index in [0.29, 0.717) is 11.5 Å². The molecule has 1 heterocycles. The lowest BCUT2D eigenvalue weighted by molar-refractivity contribution is 0.102. The third-order valence-corrected chi connectivity index (χ3v) is 4.68. The average Bonchev–Trinajstić information content (AvgIpc) is 2.68. The first-order chi connectivity index (χ1) is 14.0. The smallest absolute Gasteiger partial charge is 0.255 e. The van der Waals surface area contributed by atoms with Crippen molar-refractivity contribution in [1.82, 2.24) is 9.97 Å². The lowest BCUT2D eigenvalue weighted by atomic mass is 10.1. The Balaban J connectivity index is 1.50. The molecule has 0 saturated heterocycles. The predicted molar refractivity (Wildman–Crippen MR) is 118 cm³/mol. The van der Waals surface area contributed by atoms with Gasteiger partial charge in [0.2, 0.25) is 5.95 Å². The number of carbonyl (C=O) groups excluding carboxylic acids is 1. The summed E-state index contributed by atoms with van der Waals surface area (Å²) < 4.78 is 0. The van der Waals surface area contributed by atoms with Gasteiger partial charge in [0.1, 0.15) is 0 Å². The number of anilines is 3. The zero-order valence-corrected chi connectivity index (χ0v) is 16.7. The predicted octanol–water partition coefficient (Wildman–Crippen LogP) is 5.55. The van der Waals surface area contributed by atoms with Crippen LogP contribution in [0.5, 0.6) is 0 Å². The largest absolute Gasteiger partial charge is 0.324 e. The number of amides is 1. The fourth-order valence-electron chi connectivity index (χ4n) is 3.38. The number of para-hydroxylation sites is 1. The van der Waals surface area contributed by atoms with Crippen molar-refractivity contribution in [2.45, 2.75) is 20.8 Å². The quantitative estimate of drug-likeness (QED) is 0.485. The number of benzene rings is 3. The van der Waals surface area contributed by atoms with Crippen molar-refractivity contribution in [3.05, 3.63) is 89.1 Å². The van der Waals surface area contributed by atoms with Crippen molar-refractivity contribution < 1.29 is 4.79 Å². The van der Waals surface area contributed by atoms with Crippen molar-refractivity contribution in [2.24, 2.45) is 0 Å². The zero-order chi connectivity index (χ0) is 20.4. The molecular formula is C24H22N4O. The van der Waals surface area contributed by atoms with Crippen LogP contribution in [0.4, 0.5) is 17.3 Å². The van der Waals surface area contributed by atoms with E-state index in [0.717, 1.165) is 39.1 Å². The minimum atomic E-state index is -0.139. The first-order valence-electron chi connectivity index (χ1n) is 9.48. The van der Waals surface area contributed by atoms with E-state index in [-0.39, 0.29) is 5.91 Å². The lowest BCUT2D eigenvalue weighted by Gasteiger charge is -2.10. The Kier molecular flexibility index (Phi) is 4.96. The molecule has 1 aromatic heterocycles. The highest BCUT2D eigenvalue weighted by Crippen LogP contribution is 2.20. The van der Waals surface area contributed by atoms with Crippen LogP contribution in [0, 0.1) is 20.8 Å².